The van der Waals surface area contributed by atoms with Gasteiger partial charge in [0.1, 0.15) is 48.1 Å². The van der Waals surface area contributed by atoms with Crippen molar-refractivity contribution in [3.05, 3.63) is 142 Å². The van der Waals surface area contributed by atoms with Crippen molar-refractivity contribution >= 4 is 40.9 Å². The molecule has 2 amide bonds. The van der Waals surface area contributed by atoms with E-state index in [4.69, 9.17) is 50.0 Å². The summed E-state index contributed by atoms with van der Waals surface area (Å²) < 4.78 is 51.3. The minimum absolute atomic E-state index is 0.000550. The Kier molecular flexibility index (Phi) is 18.5. The fourth-order valence-corrected chi connectivity index (χ4v) is 10.1. The highest BCUT2D eigenvalue weighted by atomic mass is 35.5. The van der Waals surface area contributed by atoms with Gasteiger partial charge in [0.05, 0.1) is 48.9 Å². The van der Waals surface area contributed by atoms with E-state index < -0.39 is 46.6 Å². The van der Waals surface area contributed by atoms with Crippen LogP contribution < -0.4 is 24.3 Å². The molecule has 4 aromatic carbocycles. The number of nitro benzene ring substituents is 1. The van der Waals surface area contributed by atoms with Gasteiger partial charge in [0.15, 0.2) is 0 Å². The topological polar surface area (TPSA) is 210 Å². The molecule has 384 valence electrons. The number of carbonyl (C=O) groups is 2. The lowest BCUT2D eigenvalue weighted by atomic mass is 9.55. The Bertz CT molecular complexity index is 2580. The quantitative estimate of drug-likeness (QED) is 0.0196. The lowest BCUT2D eigenvalue weighted by Crippen LogP contribution is -2.70. The Hall–Kier alpha value is -6.73. The molecule has 1 aliphatic heterocycles. The van der Waals surface area contributed by atoms with Crippen LogP contribution in [0.15, 0.2) is 114 Å². The van der Waals surface area contributed by atoms with Crippen molar-refractivity contribution in [2.75, 3.05) is 51.8 Å². The molecule has 2 aliphatic carbocycles. The molecule has 0 radical (unpaired) electrons. The van der Waals surface area contributed by atoms with E-state index in [2.05, 4.69) is 18.0 Å². The van der Waals surface area contributed by atoms with Crippen LogP contribution in [0, 0.1) is 33.7 Å². The Balaban J connectivity index is 1.41. The number of oxime groups is 1. The molecule has 3 aliphatic rings. The molecule has 0 bridgehead atoms. The molecule has 1 heterocycles. The number of aliphatic hydroxyl groups is 2. The molecular weight excluding hydrogens is 955 g/mol. The highest BCUT2D eigenvalue weighted by molar-refractivity contribution is 6.18. The van der Waals surface area contributed by atoms with Crippen LogP contribution in [0.1, 0.15) is 67.6 Å². The molecular formula is C53H60ClFN4O13. The maximum absolute atomic E-state index is 14.6. The summed E-state index contributed by atoms with van der Waals surface area (Å²) in [5, 5.41) is 39.0. The zero-order valence-corrected chi connectivity index (χ0v) is 41.0. The Morgan fingerprint density at radius 2 is 1.69 bits per heavy atom. The molecule has 19 heteroatoms. The van der Waals surface area contributed by atoms with Gasteiger partial charge in [-0.2, -0.15) is 0 Å². The summed E-state index contributed by atoms with van der Waals surface area (Å²) in [6, 6.07) is 20.6. The van der Waals surface area contributed by atoms with Crippen LogP contribution in [0.2, 0.25) is 0 Å². The second-order valence-corrected chi connectivity index (χ2v) is 18.0. The average molecular weight is 1020 g/mol. The first kappa shape index (κ1) is 53.1. The summed E-state index contributed by atoms with van der Waals surface area (Å²) in [5.41, 5.74) is 3.30. The number of fused-ring (bicyclic) bond motifs is 2. The number of nitrogens with zero attached hydrogens (tertiary/aromatic N) is 3. The predicted molar refractivity (Wildman–Crippen MR) is 266 cm³/mol. The number of benzene rings is 4. The lowest BCUT2D eigenvalue weighted by Gasteiger charge is -2.59. The van der Waals surface area contributed by atoms with Gasteiger partial charge in [0.2, 0.25) is 5.79 Å². The first-order chi connectivity index (χ1) is 35.0. The zero-order chi connectivity index (χ0) is 51.2. The molecule has 0 spiro atoms. The highest BCUT2D eigenvalue weighted by Crippen LogP contribution is 2.62. The largest absolute Gasteiger partial charge is 0.497 e. The van der Waals surface area contributed by atoms with Gasteiger partial charge in [0, 0.05) is 55.9 Å². The standard InChI is InChI=1S/C53H60ClFN4O13/c1-4-26-69-53-48(58(52(63)68-27-23-54)32-34-11-15-37(55)16-12-34)31-45(57-70-33-35-13-17-38(18-14-35)59(64)65)42-28-36(9-5-7-24-60)41(10-6-8-25-61)49(50(42)53)43-29-40(20-22-46(43)72-53)71-51(62)56-44-21-19-39(66-2)30-47(44)67-3/h4,11-22,28-30,36,41,48-50,60-61H,1,5-10,23-27,31-33H2,2-3H3,(H,56,62)/t36-,41+,48-,49+,50+,53+/m0/s1. The lowest BCUT2D eigenvalue weighted by molar-refractivity contribution is -0.384. The second kappa shape index (κ2) is 25.1. The number of hydrogen-bond donors (Lipinski definition) is 3. The van der Waals surface area contributed by atoms with Gasteiger partial charge in [-0.1, -0.05) is 42.3 Å². The van der Waals surface area contributed by atoms with E-state index in [0.29, 0.717) is 89.4 Å². The molecule has 1 fully saturated rings. The number of alkyl halides is 1. The number of aliphatic hydroxyl groups excluding tert-OH is 2. The normalized spacial score (nSPS) is 21.2. The van der Waals surface area contributed by atoms with Crippen molar-refractivity contribution < 1.29 is 62.4 Å². The minimum atomic E-state index is -1.70. The van der Waals surface area contributed by atoms with E-state index in [-0.39, 0.29) is 75.2 Å². The Labute approximate surface area is 422 Å². The number of halogens is 2. The number of amides is 2. The third kappa shape index (κ3) is 12.3. The van der Waals surface area contributed by atoms with Crippen LogP contribution >= 0.6 is 11.6 Å². The number of anilines is 1. The number of unbranched alkanes of at least 4 members (excludes halogenated alkanes) is 2. The number of ether oxygens (including phenoxy) is 6. The molecule has 7 rings (SSSR count). The monoisotopic (exact) mass is 1010 g/mol. The first-order valence-corrected chi connectivity index (χ1v) is 24.4. The third-order valence-electron chi connectivity index (χ3n) is 13.2. The van der Waals surface area contributed by atoms with Crippen LogP contribution in [0.5, 0.6) is 23.0 Å². The van der Waals surface area contributed by atoms with E-state index in [1.807, 2.05) is 0 Å². The summed E-state index contributed by atoms with van der Waals surface area (Å²) in [6.07, 6.45) is 5.89. The van der Waals surface area contributed by atoms with Crippen LogP contribution in [-0.2, 0) is 27.5 Å². The van der Waals surface area contributed by atoms with Gasteiger partial charge in [-0.25, -0.2) is 14.0 Å². The van der Waals surface area contributed by atoms with Crippen LogP contribution in [-0.4, -0.2) is 96.3 Å². The highest BCUT2D eigenvalue weighted by Gasteiger charge is 2.65. The van der Waals surface area contributed by atoms with Crippen LogP contribution in [0.25, 0.3) is 0 Å². The van der Waals surface area contributed by atoms with E-state index in [9.17, 15) is 34.3 Å². The van der Waals surface area contributed by atoms with E-state index in [0.717, 1.165) is 0 Å². The third-order valence-corrected chi connectivity index (χ3v) is 13.4. The Morgan fingerprint density at radius 1 is 0.972 bits per heavy atom. The molecule has 6 atom stereocenters. The smallest absolute Gasteiger partial charge is 0.417 e. The zero-order valence-electron chi connectivity index (χ0n) is 40.2. The van der Waals surface area contributed by atoms with Crippen LogP contribution in [0.3, 0.4) is 0 Å². The fraction of sp³-hybridized carbons (Fsp3) is 0.415. The summed E-state index contributed by atoms with van der Waals surface area (Å²) in [5.74, 6) is -2.28. The van der Waals surface area contributed by atoms with Crippen molar-refractivity contribution in [2.45, 2.75) is 75.8 Å². The number of methoxy groups -OCH3 is 2. The predicted octanol–water partition coefficient (Wildman–Crippen LogP) is 10.1. The second-order valence-electron chi connectivity index (χ2n) is 17.6. The number of rotatable bonds is 24. The van der Waals surface area contributed by atoms with Crippen molar-refractivity contribution in [1.29, 1.82) is 0 Å². The van der Waals surface area contributed by atoms with Gasteiger partial charge in [0.25, 0.3) is 5.69 Å². The van der Waals surface area contributed by atoms with Gasteiger partial charge in [-0.15, -0.1) is 18.2 Å². The molecule has 72 heavy (non-hydrogen) atoms. The SMILES string of the molecule is C=CCO[C@@]12Oc3ccc(OC(=O)Nc4ccc(OC)cc4OC)cc3[C@H]3[C@H](CCCCO)[C@@H](CCCCO)C=C(C(=NOCc4ccc([N+](=O)[O-])cc4)C[C@@H]1N(Cc1ccc(F)cc1)C(=O)OCCCl)[C@H]32. The van der Waals surface area contributed by atoms with E-state index in [1.165, 1.54) is 43.4 Å². The average Bonchev–Trinajstić information content (AvgIpc) is 3.38. The van der Waals surface area contributed by atoms with E-state index in [1.54, 1.807) is 66.7 Å². The maximum Gasteiger partial charge on any atom is 0.417 e. The summed E-state index contributed by atoms with van der Waals surface area (Å²) in [7, 11) is 2.99. The number of non-ortho nitro benzene ring substituents is 1. The van der Waals surface area contributed by atoms with Gasteiger partial charge in [-0.3, -0.25) is 20.3 Å². The number of carbonyl (C=O) groups excluding carboxylic acids is 2. The Morgan fingerprint density at radius 3 is 2.38 bits per heavy atom. The molecule has 4 aromatic rings. The van der Waals surface area contributed by atoms with Crippen LogP contribution in [0.4, 0.5) is 25.4 Å². The number of allylic oxidation sites excluding steroid dienone is 1. The van der Waals surface area contributed by atoms with Crippen molar-refractivity contribution in [3.63, 3.8) is 0 Å². The molecule has 0 aromatic heterocycles. The molecule has 3 N–H and O–H groups in total. The summed E-state index contributed by atoms with van der Waals surface area (Å²) >= 11 is 6.08. The first-order valence-electron chi connectivity index (χ1n) is 23.9. The number of nitrogens with one attached hydrogen (secondary N) is 1. The summed E-state index contributed by atoms with van der Waals surface area (Å²) in [6.45, 7) is 3.65. The van der Waals surface area contributed by atoms with Gasteiger partial charge >= 0.3 is 12.2 Å². The van der Waals surface area contributed by atoms with Crippen molar-refractivity contribution in [1.82, 2.24) is 4.90 Å². The van der Waals surface area contributed by atoms with Gasteiger partial charge in [-0.05, 0) is 109 Å². The minimum Gasteiger partial charge on any atom is -0.497 e. The summed E-state index contributed by atoms with van der Waals surface area (Å²) in [4.78, 5) is 46.8. The van der Waals surface area contributed by atoms with Crippen molar-refractivity contribution in [2.24, 2.45) is 22.9 Å². The van der Waals surface area contributed by atoms with E-state index >= 15 is 0 Å². The molecule has 0 unspecified atom stereocenters. The number of nitro groups is 1. The molecule has 1 saturated carbocycles. The molecule has 0 saturated heterocycles. The molecule has 17 nitrogen and oxygen atoms in total. The van der Waals surface area contributed by atoms with Gasteiger partial charge < -0.3 is 43.5 Å². The number of hydrogen-bond acceptors (Lipinski definition) is 14. The van der Waals surface area contributed by atoms with Crippen molar-refractivity contribution in [3.8, 4) is 23.0 Å². The maximum atomic E-state index is 14.6. The fourth-order valence-electron chi connectivity index (χ4n) is 10.1.